The van der Waals surface area contributed by atoms with Crippen molar-refractivity contribution in [3.05, 3.63) is 11.6 Å². The molecule has 82 valence electrons. The van der Waals surface area contributed by atoms with Crippen LogP contribution in [0.15, 0.2) is 11.6 Å². The van der Waals surface area contributed by atoms with Gasteiger partial charge in [-0.15, -0.1) is 0 Å². The van der Waals surface area contributed by atoms with Crippen LogP contribution < -0.4 is 0 Å². The monoisotopic (exact) mass is 206 g/mol. The number of halogens is 2. The summed E-state index contributed by atoms with van der Waals surface area (Å²) in [5.41, 5.74) is 0.685. The van der Waals surface area contributed by atoms with E-state index in [1.54, 1.807) is 6.08 Å². The van der Waals surface area contributed by atoms with Crippen LogP contribution in [-0.4, -0.2) is 30.8 Å². The Hall–Kier alpha value is -0.480. The summed E-state index contributed by atoms with van der Waals surface area (Å²) in [6.07, 6.45) is 2.03. The number of alkyl halides is 2. The second-order valence-electron chi connectivity index (χ2n) is 3.80. The maximum absolute atomic E-state index is 13.2. The van der Waals surface area contributed by atoms with E-state index in [0.717, 1.165) is 6.92 Å². The van der Waals surface area contributed by atoms with Crippen molar-refractivity contribution in [2.45, 2.75) is 31.8 Å². The molecule has 0 heterocycles. The van der Waals surface area contributed by atoms with Gasteiger partial charge in [0.05, 0.1) is 18.6 Å². The minimum atomic E-state index is -2.75. The SMILES string of the molecule is CO[C@H]1CC=C(CO)C[C@H]1C(C)(F)F. The lowest BCUT2D eigenvalue weighted by molar-refractivity contribution is -0.102. The van der Waals surface area contributed by atoms with Crippen LogP contribution in [0.5, 0.6) is 0 Å². The molecule has 0 aliphatic heterocycles. The highest BCUT2D eigenvalue weighted by atomic mass is 19.3. The molecule has 1 aliphatic carbocycles. The number of ether oxygens (including phenoxy) is 1. The van der Waals surface area contributed by atoms with Crippen molar-refractivity contribution in [3.8, 4) is 0 Å². The lowest BCUT2D eigenvalue weighted by Gasteiger charge is -2.33. The predicted octanol–water partition coefficient (Wildman–Crippen LogP) is 1.99. The van der Waals surface area contributed by atoms with E-state index in [1.165, 1.54) is 7.11 Å². The Balaban J connectivity index is 2.77. The molecule has 0 bridgehead atoms. The van der Waals surface area contributed by atoms with E-state index in [2.05, 4.69) is 0 Å². The fraction of sp³-hybridized carbons (Fsp3) is 0.800. The maximum atomic E-state index is 13.2. The molecule has 0 saturated carbocycles. The smallest absolute Gasteiger partial charge is 0.250 e. The van der Waals surface area contributed by atoms with E-state index < -0.39 is 17.9 Å². The minimum Gasteiger partial charge on any atom is -0.392 e. The second-order valence-corrected chi connectivity index (χ2v) is 3.80. The van der Waals surface area contributed by atoms with Gasteiger partial charge in [0, 0.05) is 7.11 Å². The van der Waals surface area contributed by atoms with Gasteiger partial charge in [-0.2, -0.15) is 0 Å². The van der Waals surface area contributed by atoms with Crippen molar-refractivity contribution in [3.63, 3.8) is 0 Å². The molecular weight excluding hydrogens is 190 g/mol. The molecule has 0 aromatic heterocycles. The van der Waals surface area contributed by atoms with Crippen LogP contribution in [0.1, 0.15) is 19.8 Å². The Morgan fingerprint density at radius 3 is 2.71 bits per heavy atom. The first-order valence-corrected chi connectivity index (χ1v) is 4.68. The van der Waals surface area contributed by atoms with Crippen molar-refractivity contribution in [1.29, 1.82) is 0 Å². The molecule has 2 nitrogen and oxygen atoms in total. The van der Waals surface area contributed by atoms with E-state index in [4.69, 9.17) is 9.84 Å². The maximum Gasteiger partial charge on any atom is 0.250 e. The van der Waals surface area contributed by atoms with E-state index in [-0.39, 0.29) is 13.0 Å². The summed E-state index contributed by atoms with van der Waals surface area (Å²) in [7, 11) is 1.45. The number of methoxy groups -OCH3 is 1. The van der Waals surface area contributed by atoms with Crippen molar-refractivity contribution in [2.24, 2.45) is 5.92 Å². The molecule has 0 unspecified atom stereocenters. The van der Waals surface area contributed by atoms with Crippen LogP contribution in [-0.2, 0) is 4.74 Å². The molecule has 0 aromatic carbocycles. The molecule has 1 rings (SSSR count). The van der Waals surface area contributed by atoms with Gasteiger partial charge in [-0.3, -0.25) is 0 Å². The van der Waals surface area contributed by atoms with Gasteiger partial charge in [-0.1, -0.05) is 6.08 Å². The van der Waals surface area contributed by atoms with Gasteiger partial charge < -0.3 is 9.84 Å². The molecule has 0 fully saturated rings. The van der Waals surface area contributed by atoms with E-state index in [9.17, 15) is 8.78 Å². The lowest BCUT2D eigenvalue weighted by Crippen LogP contribution is -2.38. The summed E-state index contributed by atoms with van der Waals surface area (Å²) in [6.45, 7) is 0.771. The highest BCUT2D eigenvalue weighted by Crippen LogP contribution is 2.37. The summed E-state index contributed by atoms with van der Waals surface area (Å²) in [4.78, 5) is 0. The van der Waals surface area contributed by atoms with Gasteiger partial charge in [0.15, 0.2) is 0 Å². The molecular formula is C10H16F2O2. The molecule has 14 heavy (non-hydrogen) atoms. The topological polar surface area (TPSA) is 29.5 Å². The summed E-state index contributed by atoms with van der Waals surface area (Å²) >= 11 is 0. The fourth-order valence-corrected chi connectivity index (χ4v) is 1.84. The number of hydrogen-bond acceptors (Lipinski definition) is 2. The van der Waals surface area contributed by atoms with Gasteiger partial charge in [0.25, 0.3) is 5.92 Å². The van der Waals surface area contributed by atoms with Gasteiger partial charge in [0.1, 0.15) is 0 Å². The highest BCUT2D eigenvalue weighted by Gasteiger charge is 2.41. The van der Waals surface area contributed by atoms with Crippen molar-refractivity contribution >= 4 is 0 Å². The van der Waals surface area contributed by atoms with Crippen LogP contribution in [0, 0.1) is 5.92 Å². The number of hydrogen-bond donors (Lipinski definition) is 1. The number of aliphatic hydroxyl groups excluding tert-OH is 1. The molecule has 0 spiro atoms. The van der Waals surface area contributed by atoms with Gasteiger partial charge in [0.2, 0.25) is 0 Å². The first kappa shape index (κ1) is 11.6. The van der Waals surface area contributed by atoms with Crippen LogP contribution in [0.25, 0.3) is 0 Å². The Morgan fingerprint density at radius 1 is 1.64 bits per heavy atom. The Morgan fingerprint density at radius 2 is 2.29 bits per heavy atom. The molecule has 1 N–H and O–H groups in total. The van der Waals surface area contributed by atoms with Crippen molar-refractivity contribution in [2.75, 3.05) is 13.7 Å². The zero-order valence-electron chi connectivity index (χ0n) is 8.46. The van der Waals surface area contributed by atoms with E-state index in [1.807, 2.05) is 0 Å². The zero-order chi connectivity index (χ0) is 10.8. The molecule has 0 amide bonds. The third-order valence-corrected chi connectivity index (χ3v) is 2.73. The lowest BCUT2D eigenvalue weighted by atomic mass is 9.82. The van der Waals surface area contributed by atoms with Gasteiger partial charge in [-0.25, -0.2) is 8.78 Å². The van der Waals surface area contributed by atoms with E-state index in [0.29, 0.717) is 12.0 Å². The first-order valence-electron chi connectivity index (χ1n) is 4.68. The third kappa shape index (κ3) is 2.51. The van der Waals surface area contributed by atoms with Gasteiger partial charge >= 0.3 is 0 Å². The molecule has 2 atom stereocenters. The molecule has 4 heteroatoms. The summed E-state index contributed by atoms with van der Waals surface area (Å²) in [5, 5.41) is 8.88. The normalized spacial score (nSPS) is 28.8. The van der Waals surface area contributed by atoms with Crippen molar-refractivity contribution in [1.82, 2.24) is 0 Å². The second kappa shape index (κ2) is 4.36. The molecule has 0 saturated heterocycles. The standard InChI is InChI=1S/C10H16F2O2/c1-10(11,12)8-5-7(6-13)3-4-9(8)14-2/h3,8-9,13H,4-6H2,1-2H3/t8-,9+/m1/s1. The van der Waals surface area contributed by atoms with Crippen molar-refractivity contribution < 1.29 is 18.6 Å². The average molecular weight is 206 g/mol. The van der Waals surface area contributed by atoms with Gasteiger partial charge in [-0.05, 0) is 25.3 Å². The quantitative estimate of drug-likeness (QED) is 0.715. The van der Waals surface area contributed by atoms with Crippen LogP contribution in [0.2, 0.25) is 0 Å². The van der Waals surface area contributed by atoms with Crippen LogP contribution >= 0.6 is 0 Å². The Bertz CT molecular complexity index is 221. The predicted molar refractivity (Wildman–Crippen MR) is 49.3 cm³/mol. The van der Waals surface area contributed by atoms with Crippen LogP contribution in [0.4, 0.5) is 8.78 Å². The Labute approximate surface area is 82.6 Å². The molecule has 0 radical (unpaired) electrons. The third-order valence-electron chi connectivity index (χ3n) is 2.73. The zero-order valence-corrected chi connectivity index (χ0v) is 8.46. The Kier molecular flexibility index (Phi) is 3.61. The summed E-state index contributed by atoms with van der Waals surface area (Å²) in [5.74, 6) is -3.57. The summed E-state index contributed by atoms with van der Waals surface area (Å²) in [6, 6.07) is 0. The highest BCUT2D eigenvalue weighted by molar-refractivity contribution is 5.11. The minimum absolute atomic E-state index is 0.136. The van der Waals surface area contributed by atoms with E-state index >= 15 is 0 Å². The average Bonchev–Trinajstić information content (AvgIpc) is 2.15. The number of rotatable bonds is 3. The molecule has 1 aliphatic rings. The van der Waals surface area contributed by atoms with Crippen LogP contribution in [0.3, 0.4) is 0 Å². The molecule has 0 aromatic rings. The first-order chi connectivity index (χ1) is 6.49. The summed E-state index contributed by atoms with van der Waals surface area (Å²) < 4.78 is 31.3. The largest absolute Gasteiger partial charge is 0.392 e. The number of aliphatic hydroxyl groups is 1. The fourth-order valence-electron chi connectivity index (χ4n) is 1.84.